The van der Waals surface area contributed by atoms with Gasteiger partial charge in [-0.05, 0) is 24.3 Å². The van der Waals surface area contributed by atoms with Crippen LogP contribution in [0.1, 0.15) is 0 Å². The van der Waals surface area contributed by atoms with E-state index in [1.807, 2.05) is 24.3 Å². The molecule has 0 aliphatic carbocycles. The fraction of sp³-hybridized carbons (Fsp3) is 0.143. The van der Waals surface area contributed by atoms with Gasteiger partial charge in [0.2, 0.25) is 0 Å². The van der Waals surface area contributed by atoms with Gasteiger partial charge in [0.15, 0.2) is 0 Å². The molecule has 0 heterocycles. The van der Waals surface area contributed by atoms with Crippen LogP contribution >= 0.6 is 30.1 Å². The summed E-state index contributed by atoms with van der Waals surface area (Å²) in [6, 6.07) is 7.99. The Bertz CT molecular complexity index is 174. The number of halogens is 1. The summed E-state index contributed by atoms with van der Waals surface area (Å²) in [5.74, 6) is 0.911. The fourth-order valence-corrected chi connectivity index (χ4v) is 1.75. The molecule has 0 N–H and O–H groups in total. The maximum absolute atomic E-state index is 5.00. The Balaban J connectivity index is 2.80. The molecule has 54 valence electrons. The van der Waals surface area contributed by atoms with E-state index in [9.17, 15) is 0 Å². The highest BCUT2D eigenvalue weighted by atomic mass is 127. The lowest BCUT2D eigenvalue weighted by Gasteiger charge is -1.98. The third kappa shape index (κ3) is 2.05. The first-order chi connectivity index (χ1) is 4.86. The zero-order chi connectivity index (χ0) is 7.40. The average Bonchev–Trinajstić information content (AvgIpc) is 2.05. The summed E-state index contributed by atoms with van der Waals surface area (Å²) in [4.78, 5) is 1.25. The number of hydrogen-bond acceptors (Lipinski definition) is 2. The Morgan fingerprint density at radius 1 is 1.30 bits per heavy atom. The van der Waals surface area contributed by atoms with Crippen LogP contribution in [0.3, 0.4) is 0 Å². The van der Waals surface area contributed by atoms with Crippen LogP contribution in [-0.4, -0.2) is 7.11 Å². The summed E-state index contributed by atoms with van der Waals surface area (Å²) < 4.78 is 5.00. The standard InChI is InChI=1S/C7H7IOS/c1-9-6-2-4-7(10-8)5-3-6/h2-5H,1H3. The van der Waals surface area contributed by atoms with Gasteiger partial charge in [0, 0.05) is 26.1 Å². The van der Waals surface area contributed by atoms with E-state index < -0.39 is 0 Å². The van der Waals surface area contributed by atoms with Crippen molar-refractivity contribution < 1.29 is 4.74 Å². The Labute approximate surface area is 76.7 Å². The number of rotatable bonds is 2. The van der Waals surface area contributed by atoms with Crippen LogP contribution < -0.4 is 4.74 Å². The second-order valence-electron chi connectivity index (χ2n) is 1.75. The topological polar surface area (TPSA) is 9.23 Å². The molecular formula is C7H7IOS. The summed E-state index contributed by atoms with van der Waals surface area (Å²) in [6.45, 7) is 0. The predicted octanol–water partition coefficient (Wildman–Crippen LogP) is 3.14. The normalized spacial score (nSPS) is 9.40. The maximum atomic E-state index is 5.00. The lowest BCUT2D eigenvalue weighted by Crippen LogP contribution is -1.79. The molecule has 1 aromatic carbocycles. The van der Waals surface area contributed by atoms with Crippen molar-refractivity contribution in [2.45, 2.75) is 4.90 Å². The van der Waals surface area contributed by atoms with Gasteiger partial charge < -0.3 is 4.74 Å². The van der Waals surface area contributed by atoms with Gasteiger partial charge in [-0.15, -0.1) is 0 Å². The molecule has 0 radical (unpaired) electrons. The molecule has 0 aliphatic heterocycles. The molecule has 1 rings (SSSR count). The zero-order valence-corrected chi connectivity index (χ0v) is 8.48. The summed E-state index contributed by atoms with van der Waals surface area (Å²) in [7, 11) is 3.38. The molecule has 10 heavy (non-hydrogen) atoms. The van der Waals surface area contributed by atoms with Crippen molar-refractivity contribution in [2.75, 3.05) is 7.11 Å². The van der Waals surface area contributed by atoms with E-state index in [-0.39, 0.29) is 0 Å². The Morgan fingerprint density at radius 3 is 2.30 bits per heavy atom. The van der Waals surface area contributed by atoms with Crippen molar-refractivity contribution in [3.63, 3.8) is 0 Å². The van der Waals surface area contributed by atoms with Crippen LogP contribution in [0.25, 0.3) is 0 Å². The Hall–Kier alpha value is 0.1000. The van der Waals surface area contributed by atoms with Crippen molar-refractivity contribution >= 4 is 30.1 Å². The molecule has 0 aliphatic rings. The van der Waals surface area contributed by atoms with Crippen molar-refractivity contribution in [3.8, 4) is 5.75 Å². The van der Waals surface area contributed by atoms with Gasteiger partial charge >= 0.3 is 0 Å². The summed E-state index contributed by atoms with van der Waals surface area (Å²) in [6.07, 6.45) is 0. The average molecular weight is 266 g/mol. The fourth-order valence-electron chi connectivity index (χ4n) is 0.627. The van der Waals surface area contributed by atoms with Crippen LogP contribution in [0.2, 0.25) is 0 Å². The molecule has 0 atom stereocenters. The summed E-state index contributed by atoms with van der Waals surface area (Å²) in [5.41, 5.74) is 0. The minimum atomic E-state index is 0.911. The lowest BCUT2D eigenvalue weighted by atomic mass is 10.3. The first-order valence-corrected chi connectivity index (χ1v) is 6.15. The largest absolute Gasteiger partial charge is 0.497 e. The van der Waals surface area contributed by atoms with Gasteiger partial charge in [0.25, 0.3) is 0 Å². The van der Waals surface area contributed by atoms with E-state index >= 15 is 0 Å². The Morgan fingerprint density at radius 2 is 1.90 bits per heavy atom. The van der Waals surface area contributed by atoms with E-state index in [4.69, 9.17) is 4.74 Å². The minimum Gasteiger partial charge on any atom is -0.497 e. The van der Waals surface area contributed by atoms with Crippen LogP contribution in [-0.2, 0) is 0 Å². The Kier molecular flexibility index (Phi) is 3.34. The predicted molar refractivity (Wildman–Crippen MR) is 52.9 cm³/mol. The van der Waals surface area contributed by atoms with E-state index in [0.29, 0.717) is 0 Å². The molecular weight excluding hydrogens is 259 g/mol. The quantitative estimate of drug-likeness (QED) is 0.760. The third-order valence-corrected chi connectivity index (χ3v) is 3.12. The molecule has 0 fully saturated rings. The summed E-state index contributed by atoms with van der Waals surface area (Å²) in [5, 5.41) is 0. The first-order valence-electron chi connectivity index (χ1n) is 2.79. The molecule has 1 nitrogen and oxygen atoms in total. The molecule has 0 unspecified atom stereocenters. The maximum Gasteiger partial charge on any atom is 0.118 e. The van der Waals surface area contributed by atoms with E-state index in [0.717, 1.165) is 5.75 Å². The third-order valence-electron chi connectivity index (χ3n) is 1.15. The van der Waals surface area contributed by atoms with Crippen molar-refractivity contribution in [1.29, 1.82) is 0 Å². The molecule has 0 aromatic heterocycles. The second kappa shape index (κ2) is 4.08. The smallest absolute Gasteiger partial charge is 0.118 e. The van der Waals surface area contributed by atoms with E-state index in [2.05, 4.69) is 21.2 Å². The minimum absolute atomic E-state index is 0.911. The highest BCUT2D eigenvalue weighted by Crippen LogP contribution is 2.26. The van der Waals surface area contributed by atoms with Crippen molar-refractivity contribution in [1.82, 2.24) is 0 Å². The van der Waals surface area contributed by atoms with Gasteiger partial charge in [-0.2, -0.15) is 0 Å². The van der Waals surface area contributed by atoms with E-state index in [1.54, 1.807) is 16.0 Å². The number of ether oxygens (including phenoxy) is 1. The number of hydrogen-bond donors (Lipinski definition) is 0. The van der Waals surface area contributed by atoms with Crippen LogP contribution in [0.15, 0.2) is 29.2 Å². The summed E-state index contributed by atoms with van der Waals surface area (Å²) >= 11 is 2.25. The molecule has 0 spiro atoms. The second-order valence-corrected chi connectivity index (χ2v) is 3.70. The van der Waals surface area contributed by atoms with Gasteiger partial charge in [-0.3, -0.25) is 0 Å². The molecule has 1 aromatic rings. The van der Waals surface area contributed by atoms with Crippen molar-refractivity contribution in [2.24, 2.45) is 0 Å². The highest BCUT2D eigenvalue weighted by molar-refractivity contribution is 14.2. The molecule has 0 bridgehead atoms. The van der Waals surface area contributed by atoms with Gasteiger partial charge in [-0.1, -0.05) is 8.93 Å². The highest BCUT2D eigenvalue weighted by Gasteiger charge is 1.90. The van der Waals surface area contributed by atoms with Crippen molar-refractivity contribution in [3.05, 3.63) is 24.3 Å². The number of methoxy groups -OCH3 is 1. The molecule has 0 amide bonds. The zero-order valence-electron chi connectivity index (χ0n) is 5.50. The van der Waals surface area contributed by atoms with Crippen LogP contribution in [0.4, 0.5) is 0 Å². The molecule has 0 saturated carbocycles. The van der Waals surface area contributed by atoms with Crippen LogP contribution in [0.5, 0.6) is 5.75 Å². The monoisotopic (exact) mass is 266 g/mol. The number of benzene rings is 1. The molecule has 3 heteroatoms. The van der Waals surface area contributed by atoms with Gasteiger partial charge in [0.05, 0.1) is 7.11 Å². The van der Waals surface area contributed by atoms with Gasteiger partial charge in [-0.25, -0.2) is 0 Å². The first kappa shape index (κ1) is 8.20. The SMILES string of the molecule is COc1ccc(SI)cc1. The van der Waals surface area contributed by atoms with Gasteiger partial charge in [0.1, 0.15) is 5.75 Å². The molecule has 0 saturated heterocycles. The van der Waals surface area contributed by atoms with Crippen LogP contribution in [0, 0.1) is 0 Å². The van der Waals surface area contributed by atoms with E-state index in [1.165, 1.54) is 4.90 Å². The lowest BCUT2D eigenvalue weighted by molar-refractivity contribution is 0.414.